The Bertz CT molecular complexity index is 489. The number of anilines is 2. The molecule has 90 valence electrons. The predicted octanol–water partition coefficient (Wildman–Crippen LogP) is 1.49. The van der Waals surface area contributed by atoms with Crippen LogP contribution in [0.25, 0.3) is 0 Å². The Balaban J connectivity index is 2.11. The molecule has 0 amide bonds. The van der Waals surface area contributed by atoms with Crippen LogP contribution in [0.5, 0.6) is 0 Å². The van der Waals surface area contributed by atoms with Crippen LogP contribution >= 0.6 is 0 Å². The SMILES string of the molecule is CN(C)c1ccncc1NCc1cncn1C. The van der Waals surface area contributed by atoms with Gasteiger partial charge in [0.25, 0.3) is 0 Å². The summed E-state index contributed by atoms with van der Waals surface area (Å²) in [5, 5.41) is 3.37. The lowest BCUT2D eigenvalue weighted by atomic mass is 10.3. The van der Waals surface area contributed by atoms with Gasteiger partial charge in [0.15, 0.2) is 0 Å². The summed E-state index contributed by atoms with van der Waals surface area (Å²) in [6.45, 7) is 0.739. The second-order valence-electron chi connectivity index (χ2n) is 4.14. The maximum atomic E-state index is 4.14. The summed E-state index contributed by atoms with van der Waals surface area (Å²) in [6.07, 6.45) is 7.29. The summed E-state index contributed by atoms with van der Waals surface area (Å²) in [5.41, 5.74) is 3.29. The maximum Gasteiger partial charge on any atom is 0.0946 e. The molecule has 17 heavy (non-hydrogen) atoms. The predicted molar refractivity (Wildman–Crippen MR) is 69.1 cm³/mol. The molecule has 0 aliphatic carbocycles. The maximum absolute atomic E-state index is 4.14. The average molecular weight is 231 g/mol. The molecule has 2 aromatic rings. The highest BCUT2D eigenvalue weighted by atomic mass is 15.1. The molecule has 1 N–H and O–H groups in total. The van der Waals surface area contributed by atoms with E-state index in [2.05, 4.69) is 20.2 Å². The minimum Gasteiger partial charge on any atom is -0.376 e. The van der Waals surface area contributed by atoms with E-state index in [0.29, 0.717) is 0 Å². The van der Waals surface area contributed by atoms with Gasteiger partial charge in [-0.25, -0.2) is 4.98 Å². The Hall–Kier alpha value is -2.04. The van der Waals surface area contributed by atoms with Crippen molar-refractivity contribution in [2.75, 3.05) is 24.3 Å². The largest absolute Gasteiger partial charge is 0.376 e. The summed E-state index contributed by atoms with van der Waals surface area (Å²) >= 11 is 0. The zero-order valence-electron chi connectivity index (χ0n) is 10.4. The third kappa shape index (κ3) is 2.55. The molecular formula is C12H17N5. The lowest BCUT2D eigenvalue weighted by molar-refractivity contribution is 0.837. The van der Waals surface area contributed by atoms with Crippen molar-refractivity contribution < 1.29 is 0 Å². The first kappa shape index (κ1) is 11.4. The number of nitrogens with zero attached hydrogens (tertiary/aromatic N) is 4. The van der Waals surface area contributed by atoms with Gasteiger partial charge < -0.3 is 14.8 Å². The first-order chi connectivity index (χ1) is 8.18. The number of pyridine rings is 1. The van der Waals surface area contributed by atoms with Gasteiger partial charge in [-0.15, -0.1) is 0 Å². The molecule has 0 saturated carbocycles. The monoisotopic (exact) mass is 231 g/mol. The number of nitrogens with one attached hydrogen (secondary N) is 1. The van der Waals surface area contributed by atoms with Gasteiger partial charge in [0.1, 0.15) is 0 Å². The number of aromatic nitrogens is 3. The molecule has 5 nitrogen and oxygen atoms in total. The van der Waals surface area contributed by atoms with Crippen molar-refractivity contribution in [3.8, 4) is 0 Å². The smallest absolute Gasteiger partial charge is 0.0946 e. The fourth-order valence-corrected chi connectivity index (χ4v) is 1.65. The van der Waals surface area contributed by atoms with E-state index in [0.717, 1.165) is 23.6 Å². The first-order valence-electron chi connectivity index (χ1n) is 5.49. The van der Waals surface area contributed by atoms with E-state index in [9.17, 15) is 0 Å². The highest BCUT2D eigenvalue weighted by Crippen LogP contribution is 2.22. The van der Waals surface area contributed by atoms with Crippen molar-refractivity contribution in [3.05, 3.63) is 36.7 Å². The number of hydrogen-bond acceptors (Lipinski definition) is 4. The second kappa shape index (κ2) is 4.86. The number of rotatable bonds is 4. The lowest BCUT2D eigenvalue weighted by Crippen LogP contribution is -2.13. The molecule has 2 rings (SSSR count). The zero-order chi connectivity index (χ0) is 12.3. The molecule has 0 spiro atoms. The topological polar surface area (TPSA) is 46.0 Å². The molecule has 0 aliphatic heterocycles. The standard InChI is InChI=1S/C12H17N5/c1-16(2)12-4-5-13-8-11(12)15-7-10-6-14-9-17(10)3/h4-6,8-9,15H,7H2,1-3H3. The molecule has 0 bridgehead atoms. The van der Waals surface area contributed by atoms with Gasteiger partial charge in [-0.3, -0.25) is 4.98 Å². The number of aryl methyl sites for hydroxylation is 1. The summed E-state index contributed by atoms with van der Waals surface area (Å²) in [7, 11) is 6.02. The van der Waals surface area contributed by atoms with Gasteiger partial charge in [0.05, 0.1) is 36.1 Å². The van der Waals surface area contributed by atoms with Crippen LogP contribution in [0.3, 0.4) is 0 Å². The summed E-state index contributed by atoms with van der Waals surface area (Å²) in [4.78, 5) is 10.3. The molecule has 0 aromatic carbocycles. The van der Waals surface area contributed by atoms with Gasteiger partial charge in [0.2, 0.25) is 0 Å². The lowest BCUT2D eigenvalue weighted by Gasteiger charge is -2.17. The molecule has 2 heterocycles. The van der Waals surface area contributed by atoms with Crippen molar-refractivity contribution in [3.63, 3.8) is 0 Å². The third-order valence-electron chi connectivity index (χ3n) is 2.66. The van der Waals surface area contributed by atoms with Crippen LogP contribution in [0.2, 0.25) is 0 Å². The van der Waals surface area contributed by atoms with Crippen molar-refractivity contribution in [2.45, 2.75) is 6.54 Å². The van der Waals surface area contributed by atoms with Gasteiger partial charge in [-0.05, 0) is 6.07 Å². The highest BCUT2D eigenvalue weighted by Gasteiger charge is 2.04. The third-order valence-corrected chi connectivity index (χ3v) is 2.66. The fraction of sp³-hybridized carbons (Fsp3) is 0.333. The molecule has 0 atom stereocenters. The minimum atomic E-state index is 0.739. The second-order valence-corrected chi connectivity index (χ2v) is 4.14. The van der Waals surface area contributed by atoms with Crippen molar-refractivity contribution in [1.82, 2.24) is 14.5 Å². The van der Waals surface area contributed by atoms with E-state index >= 15 is 0 Å². The Morgan fingerprint density at radius 2 is 2.12 bits per heavy atom. The first-order valence-corrected chi connectivity index (χ1v) is 5.49. The molecule has 5 heteroatoms. The Kier molecular flexibility index (Phi) is 3.27. The molecular weight excluding hydrogens is 214 g/mol. The molecule has 0 aliphatic rings. The number of hydrogen-bond donors (Lipinski definition) is 1. The van der Waals surface area contributed by atoms with E-state index < -0.39 is 0 Å². The van der Waals surface area contributed by atoms with E-state index in [1.807, 2.05) is 44.2 Å². The molecule has 0 saturated heterocycles. The van der Waals surface area contributed by atoms with E-state index in [1.165, 1.54) is 0 Å². The summed E-state index contributed by atoms with van der Waals surface area (Å²) < 4.78 is 2.00. The van der Waals surface area contributed by atoms with Crippen LogP contribution in [-0.4, -0.2) is 28.6 Å². The van der Waals surface area contributed by atoms with Crippen LogP contribution in [-0.2, 0) is 13.6 Å². The van der Waals surface area contributed by atoms with Gasteiger partial charge >= 0.3 is 0 Å². The van der Waals surface area contributed by atoms with Crippen LogP contribution in [0.4, 0.5) is 11.4 Å². The van der Waals surface area contributed by atoms with Crippen molar-refractivity contribution in [1.29, 1.82) is 0 Å². The van der Waals surface area contributed by atoms with E-state index in [-0.39, 0.29) is 0 Å². The van der Waals surface area contributed by atoms with E-state index in [1.54, 1.807) is 12.5 Å². The van der Waals surface area contributed by atoms with Crippen molar-refractivity contribution >= 4 is 11.4 Å². The van der Waals surface area contributed by atoms with E-state index in [4.69, 9.17) is 0 Å². The number of imidazole rings is 1. The minimum absolute atomic E-state index is 0.739. The summed E-state index contributed by atoms with van der Waals surface area (Å²) in [6, 6.07) is 1.99. The average Bonchev–Trinajstić information content (AvgIpc) is 2.72. The van der Waals surface area contributed by atoms with Gasteiger partial charge in [0, 0.05) is 33.5 Å². The van der Waals surface area contributed by atoms with Crippen molar-refractivity contribution in [2.24, 2.45) is 7.05 Å². The normalized spacial score (nSPS) is 10.3. The van der Waals surface area contributed by atoms with Crippen LogP contribution in [0.1, 0.15) is 5.69 Å². The molecule has 2 aromatic heterocycles. The van der Waals surface area contributed by atoms with Crippen LogP contribution < -0.4 is 10.2 Å². The molecule has 0 unspecified atom stereocenters. The van der Waals surface area contributed by atoms with Gasteiger partial charge in [-0.2, -0.15) is 0 Å². The zero-order valence-corrected chi connectivity index (χ0v) is 10.4. The Morgan fingerprint density at radius 1 is 1.29 bits per heavy atom. The Labute approximate surface area is 101 Å². The van der Waals surface area contributed by atoms with Gasteiger partial charge in [-0.1, -0.05) is 0 Å². The Morgan fingerprint density at radius 3 is 2.76 bits per heavy atom. The highest BCUT2D eigenvalue weighted by molar-refractivity contribution is 5.67. The quantitative estimate of drug-likeness (QED) is 0.866. The fourth-order valence-electron chi connectivity index (χ4n) is 1.65. The summed E-state index contributed by atoms with van der Waals surface area (Å²) in [5.74, 6) is 0. The van der Waals surface area contributed by atoms with Crippen LogP contribution in [0, 0.1) is 0 Å². The molecule has 0 radical (unpaired) electrons. The molecule has 0 fully saturated rings. The van der Waals surface area contributed by atoms with Crippen LogP contribution in [0.15, 0.2) is 31.0 Å².